The Morgan fingerprint density at radius 2 is 1.21 bits per heavy atom. The average Bonchev–Trinajstić information content (AvgIpc) is 2.74. The third-order valence-electron chi connectivity index (χ3n) is 5.23. The summed E-state index contributed by atoms with van der Waals surface area (Å²) in [6.45, 7) is 0. The van der Waals surface area contributed by atoms with Gasteiger partial charge in [0.25, 0.3) is 0 Å². The van der Waals surface area contributed by atoms with Gasteiger partial charge >= 0.3 is 0 Å². The van der Waals surface area contributed by atoms with Crippen LogP contribution in [0.2, 0.25) is 0 Å². The van der Waals surface area contributed by atoms with Crippen LogP contribution in [0.25, 0.3) is 32.6 Å². The second-order valence-corrected chi connectivity index (χ2v) is 7.21. The molecule has 134 valence electrons. The Balaban J connectivity index is 1.74. The van der Waals surface area contributed by atoms with Crippen LogP contribution < -0.4 is 9.30 Å². The zero-order chi connectivity index (χ0) is 19.1. The molecule has 1 heterocycles. The maximum Gasteiger partial charge on any atom is 0.213 e. The van der Waals surface area contributed by atoms with E-state index in [0.29, 0.717) is 5.05 Å². The number of fused-ring (bicyclic) bond motifs is 3. The first-order chi connectivity index (χ1) is 13.7. The van der Waals surface area contributed by atoms with Gasteiger partial charge in [0.2, 0.25) is 11.0 Å². The summed E-state index contributed by atoms with van der Waals surface area (Å²) in [6.07, 6.45) is 0. The summed E-state index contributed by atoms with van der Waals surface area (Å²) >= 11 is 5.83. The largest absolute Gasteiger partial charge is 0.445 e. The molecular formula is C25H18NOS+. The van der Waals surface area contributed by atoms with Gasteiger partial charge in [-0.05, 0) is 35.8 Å². The van der Waals surface area contributed by atoms with Crippen LogP contribution in [-0.4, -0.2) is 5.05 Å². The highest BCUT2D eigenvalue weighted by Crippen LogP contribution is 2.30. The Morgan fingerprint density at radius 3 is 1.89 bits per heavy atom. The molecule has 0 N–H and O–H groups in total. The van der Waals surface area contributed by atoms with Gasteiger partial charge in [0.05, 0.1) is 16.3 Å². The normalized spacial score (nSPS) is 11.2. The summed E-state index contributed by atoms with van der Waals surface area (Å²) in [5.74, 6) is 0.782. The number of aromatic nitrogens is 1. The molecule has 1 aromatic heterocycles. The van der Waals surface area contributed by atoms with E-state index in [1.54, 1.807) is 0 Å². The van der Waals surface area contributed by atoms with Crippen LogP contribution in [-0.2, 0) is 7.05 Å². The molecular weight excluding hydrogens is 362 g/mol. The molecule has 0 unspecified atom stereocenters. The van der Waals surface area contributed by atoms with E-state index in [9.17, 15) is 0 Å². The SMILES string of the molecule is C[n+]1c2ccccc2c(C(=S)Oc2cccc3ccccc23)c2ccccc21. The number of hydrogen-bond donors (Lipinski definition) is 0. The number of pyridine rings is 1. The van der Waals surface area contributed by atoms with E-state index < -0.39 is 0 Å². The lowest BCUT2D eigenvalue weighted by Gasteiger charge is -2.13. The molecule has 0 fully saturated rings. The van der Waals surface area contributed by atoms with Gasteiger partial charge in [-0.25, -0.2) is 0 Å². The molecule has 0 bridgehead atoms. The summed E-state index contributed by atoms with van der Waals surface area (Å²) < 4.78 is 8.50. The number of nitrogens with zero attached hydrogens (tertiary/aromatic N) is 1. The molecule has 28 heavy (non-hydrogen) atoms. The second kappa shape index (κ2) is 6.70. The highest BCUT2D eigenvalue weighted by molar-refractivity contribution is 7.80. The second-order valence-electron chi connectivity index (χ2n) is 6.84. The molecule has 2 nitrogen and oxygen atoms in total. The number of aryl methyl sites for hydroxylation is 1. The first kappa shape index (κ1) is 16.8. The van der Waals surface area contributed by atoms with E-state index in [1.165, 1.54) is 0 Å². The summed E-state index contributed by atoms with van der Waals surface area (Å²) in [4.78, 5) is 0. The maximum absolute atomic E-state index is 6.29. The predicted octanol–water partition coefficient (Wildman–Crippen LogP) is 5.73. The highest BCUT2D eigenvalue weighted by atomic mass is 32.1. The fraction of sp³-hybridized carbons (Fsp3) is 0.0400. The van der Waals surface area contributed by atoms with Crippen molar-refractivity contribution in [2.24, 2.45) is 7.05 Å². The van der Waals surface area contributed by atoms with Crippen LogP contribution in [0.5, 0.6) is 5.75 Å². The number of ether oxygens (including phenoxy) is 1. The lowest BCUT2D eigenvalue weighted by Crippen LogP contribution is -2.31. The van der Waals surface area contributed by atoms with Gasteiger partial charge in [-0.3, -0.25) is 0 Å². The summed E-state index contributed by atoms with van der Waals surface area (Å²) in [5, 5.41) is 4.87. The zero-order valence-electron chi connectivity index (χ0n) is 15.4. The van der Waals surface area contributed by atoms with Crippen LogP contribution in [0.4, 0.5) is 0 Å². The number of rotatable bonds is 2. The topological polar surface area (TPSA) is 13.1 Å². The van der Waals surface area contributed by atoms with E-state index in [1.807, 2.05) is 36.4 Å². The van der Waals surface area contributed by atoms with Crippen molar-refractivity contribution in [2.45, 2.75) is 0 Å². The van der Waals surface area contributed by atoms with Gasteiger partial charge in [-0.15, -0.1) is 0 Å². The number of thiocarbonyl (C=S) groups is 1. The minimum atomic E-state index is 0.490. The van der Waals surface area contributed by atoms with Crippen molar-refractivity contribution < 1.29 is 9.30 Å². The first-order valence-electron chi connectivity index (χ1n) is 9.23. The van der Waals surface area contributed by atoms with Crippen LogP contribution in [0.1, 0.15) is 5.56 Å². The molecule has 5 aromatic rings. The van der Waals surface area contributed by atoms with E-state index in [4.69, 9.17) is 17.0 Å². The van der Waals surface area contributed by atoms with Crippen molar-refractivity contribution in [1.82, 2.24) is 0 Å². The molecule has 0 aliphatic rings. The molecule has 0 atom stereocenters. The lowest BCUT2D eigenvalue weighted by atomic mass is 10.0. The molecule has 0 radical (unpaired) electrons. The van der Waals surface area contributed by atoms with Gasteiger partial charge in [-0.1, -0.05) is 60.7 Å². The Kier molecular flexibility index (Phi) is 4.03. The molecule has 3 heteroatoms. The van der Waals surface area contributed by atoms with Crippen molar-refractivity contribution in [3.8, 4) is 5.75 Å². The van der Waals surface area contributed by atoms with E-state index in [0.717, 1.165) is 43.9 Å². The summed E-state index contributed by atoms with van der Waals surface area (Å²) in [5.41, 5.74) is 3.22. The van der Waals surface area contributed by atoms with Crippen molar-refractivity contribution >= 4 is 49.8 Å². The van der Waals surface area contributed by atoms with Crippen molar-refractivity contribution in [2.75, 3.05) is 0 Å². The molecule has 4 aromatic carbocycles. The Hall–Kier alpha value is -3.30. The third-order valence-corrected chi connectivity index (χ3v) is 5.51. The van der Waals surface area contributed by atoms with Crippen molar-refractivity contribution in [3.63, 3.8) is 0 Å². The Bertz CT molecular complexity index is 1310. The Labute approximate surface area is 168 Å². The van der Waals surface area contributed by atoms with E-state index in [-0.39, 0.29) is 0 Å². The monoisotopic (exact) mass is 380 g/mol. The van der Waals surface area contributed by atoms with Crippen molar-refractivity contribution in [3.05, 3.63) is 96.6 Å². The average molecular weight is 380 g/mol. The Morgan fingerprint density at radius 1 is 0.679 bits per heavy atom. The van der Waals surface area contributed by atoms with Crippen LogP contribution in [0, 0.1) is 0 Å². The molecule has 0 saturated heterocycles. The molecule has 0 aliphatic carbocycles. The third kappa shape index (κ3) is 2.63. The minimum absolute atomic E-state index is 0.490. The number of para-hydroxylation sites is 2. The highest BCUT2D eigenvalue weighted by Gasteiger charge is 2.21. The predicted molar refractivity (Wildman–Crippen MR) is 119 cm³/mol. The fourth-order valence-corrected chi connectivity index (χ4v) is 4.20. The molecule has 0 spiro atoms. The zero-order valence-corrected chi connectivity index (χ0v) is 16.2. The van der Waals surface area contributed by atoms with Gasteiger partial charge in [0.15, 0.2) is 5.05 Å². The molecule has 0 saturated carbocycles. The standard InChI is InChI=1S/C25H18NOS/c1-26-21-14-6-4-12-19(21)24(20-13-5-7-15-22(20)26)25(28)27-23-16-8-10-17-9-2-3-11-18(17)23/h2-16H,1H3/q+1. The smallest absolute Gasteiger partial charge is 0.213 e. The summed E-state index contributed by atoms with van der Waals surface area (Å²) in [7, 11) is 2.09. The number of hydrogen-bond acceptors (Lipinski definition) is 2. The molecule has 5 rings (SSSR count). The van der Waals surface area contributed by atoms with Crippen molar-refractivity contribution in [1.29, 1.82) is 0 Å². The molecule has 0 amide bonds. The van der Waals surface area contributed by atoms with E-state index >= 15 is 0 Å². The van der Waals surface area contributed by atoms with Gasteiger partial charge in [-0.2, -0.15) is 4.57 Å². The summed E-state index contributed by atoms with van der Waals surface area (Å²) in [6, 6.07) is 30.9. The van der Waals surface area contributed by atoms with E-state index in [2.05, 4.69) is 66.2 Å². The number of benzene rings is 4. The van der Waals surface area contributed by atoms with Crippen LogP contribution in [0.15, 0.2) is 91.0 Å². The minimum Gasteiger partial charge on any atom is -0.445 e. The van der Waals surface area contributed by atoms with Gasteiger partial charge in [0, 0.05) is 17.5 Å². The van der Waals surface area contributed by atoms with Gasteiger partial charge in [0.1, 0.15) is 12.8 Å². The lowest BCUT2D eigenvalue weighted by molar-refractivity contribution is -0.617. The first-order valence-corrected chi connectivity index (χ1v) is 9.64. The molecule has 0 aliphatic heterocycles. The quantitative estimate of drug-likeness (QED) is 0.221. The van der Waals surface area contributed by atoms with Gasteiger partial charge < -0.3 is 4.74 Å². The maximum atomic E-state index is 6.29. The van der Waals surface area contributed by atoms with Crippen LogP contribution in [0.3, 0.4) is 0 Å². The fourth-order valence-electron chi connectivity index (χ4n) is 3.89. The van der Waals surface area contributed by atoms with Crippen LogP contribution >= 0.6 is 12.2 Å².